The first-order chi connectivity index (χ1) is 12.2. The number of benzene rings is 2. The SMILES string of the molecule is O=C(NC[C@H]1CCCO1)[C@@H]1CC(=O)N(c2cccc3ccccc23)C1. The van der Waals surface area contributed by atoms with Crippen LogP contribution in [0.2, 0.25) is 0 Å². The number of anilines is 1. The zero-order valence-electron chi connectivity index (χ0n) is 14.1. The molecule has 130 valence electrons. The molecule has 5 heteroatoms. The minimum Gasteiger partial charge on any atom is -0.376 e. The molecule has 25 heavy (non-hydrogen) atoms. The lowest BCUT2D eigenvalue weighted by Gasteiger charge is -2.19. The Kier molecular flexibility index (Phi) is 4.40. The maximum absolute atomic E-state index is 12.5. The number of carbonyl (C=O) groups excluding carboxylic acids is 2. The molecule has 2 aliphatic rings. The molecule has 4 rings (SSSR count). The second kappa shape index (κ2) is 6.84. The highest BCUT2D eigenvalue weighted by Crippen LogP contribution is 2.31. The van der Waals surface area contributed by atoms with E-state index in [1.54, 1.807) is 4.90 Å². The molecule has 0 aliphatic carbocycles. The molecule has 2 fully saturated rings. The van der Waals surface area contributed by atoms with E-state index in [1.807, 2.05) is 42.5 Å². The Balaban J connectivity index is 1.47. The average molecular weight is 338 g/mol. The van der Waals surface area contributed by atoms with Gasteiger partial charge in [0.25, 0.3) is 0 Å². The molecule has 0 spiro atoms. The Bertz CT molecular complexity index is 793. The van der Waals surface area contributed by atoms with Crippen LogP contribution < -0.4 is 10.2 Å². The Morgan fingerprint density at radius 1 is 1.20 bits per heavy atom. The standard InChI is InChI=1S/C20H22N2O3/c23-19-11-15(20(24)21-12-16-7-4-10-25-16)13-22(19)18-9-3-6-14-5-1-2-8-17(14)18/h1-3,5-6,8-9,15-16H,4,7,10-13H2,(H,21,24)/t15-,16-/m1/s1. The molecular formula is C20H22N2O3. The molecule has 2 aliphatic heterocycles. The predicted molar refractivity (Wildman–Crippen MR) is 96.4 cm³/mol. The first-order valence-electron chi connectivity index (χ1n) is 8.90. The van der Waals surface area contributed by atoms with E-state index in [2.05, 4.69) is 5.32 Å². The van der Waals surface area contributed by atoms with Gasteiger partial charge in [0.2, 0.25) is 11.8 Å². The van der Waals surface area contributed by atoms with Gasteiger partial charge >= 0.3 is 0 Å². The van der Waals surface area contributed by atoms with E-state index in [1.165, 1.54) is 0 Å². The number of ether oxygens (including phenoxy) is 1. The van der Waals surface area contributed by atoms with Gasteiger partial charge in [-0.1, -0.05) is 36.4 Å². The van der Waals surface area contributed by atoms with Crippen LogP contribution in [0.4, 0.5) is 5.69 Å². The van der Waals surface area contributed by atoms with Crippen molar-refractivity contribution in [1.82, 2.24) is 5.32 Å². The summed E-state index contributed by atoms with van der Waals surface area (Å²) >= 11 is 0. The van der Waals surface area contributed by atoms with Crippen LogP contribution in [-0.2, 0) is 14.3 Å². The van der Waals surface area contributed by atoms with Crippen LogP contribution in [0.25, 0.3) is 10.8 Å². The van der Waals surface area contributed by atoms with Crippen LogP contribution in [0.3, 0.4) is 0 Å². The quantitative estimate of drug-likeness (QED) is 0.932. The largest absolute Gasteiger partial charge is 0.376 e. The first kappa shape index (κ1) is 16.1. The molecule has 0 unspecified atom stereocenters. The molecular weight excluding hydrogens is 316 g/mol. The number of hydrogen-bond acceptors (Lipinski definition) is 3. The van der Waals surface area contributed by atoms with Gasteiger partial charge in [-0.3, -0.25) is 9.59 Å². The van der Waals surface area contributed by atoms with Crippen LogP contribution >= 0.6 is 0 Å². The second-order valence-electron chi connectivity index (χ2n) is 6.78. The Labute approximate surface area is 146 Å². The van der Waals surface area contributed by atoms with E-state index in [0.29, 0.717) is 13.1 Å². The molecule has 0 radical (unpaired) electrons. The summed E-state index contributed by atoms with van der Waals surface area (Å²) < 4.78 is 5.53. The predicted octanol–water partition coefficient (Wildman–Crippen LogP) is 2.49. The third-order valence-electron chi connectivity index (χ3n) is 5.08. The van der Waals surface area contributed by atoms with E-state index in [4.69, 9.17) is 4.74 Å². The summed E-state index contributed by atoms with van der Waals surface area (Å²) in [6.07, 6.45) is 2.43. The van der Waals surface area contributed by atoms with Gasteiger partial charge in [0, 0.05) is 31.5 Å². The molecule has 2 aromatic carbocycles. The zero-order valence-corrected chi connectivity index (χ0v) is 14.1. The van der Waals surface area contributed by atoms with Crippen LogP contribution in [0.5, 0.6) is 0 Å². The van der Waals surface area contributed by atoms with E-state index < -0.39 is 0 Å². The fraction of sp³-hybridized carbons (Fsp3) is 0.400. The number of nitrogens with one attached hydrogen (secondary N) is 1. The normalized spacial score (nSPS) is 23.4. The summed E-state index contributed by atoms with van der Waals surface area (Å²) in [7, 11) is 0. The van der Waals surface area contributed by atoms with Gasteiger partial charge < -0.3 is 15.0 Å². The number of hydrogen-bond donors (Lipinski definition) is 1. The van der Waals surface area contributed by atoms with Crippen LogP contribution in [0.1, 0.15) is 19.3 Å². The molecule has 2 atom stereocenters. The number of rotatable bonds is 4. The van der Waals surface area contributed by atoms with Gasteiger partial charge in [0.15, 0.2) is 0 Å². The molecule has 0 bridgehead atoms. The van der Waals surface area contributed by atoms with Crippen LogP contribution in [-0.4, -0.2) is 37.6 Å². The maximum atomic E-state index is 12.5. The number of carbonyl (C=O) groups is 2. The van der Waals surface area contributed by atoms with Crippen molar-refractivity contribution in [3.8, 4) is 0 Å². The number of nitrogens with zero attached hydrogens (tertiary/aromatic N) is 1. The molecule has 0 saturated carbocycles. The molecule has 2 amide bonds. The fourth-order valence-corrected chi connectivity index (χ4v) is 3.72. The lowest BCUT2D eigenvalue weighted by molar-refractivity contribution is -0.126. The fourth-order valence-electron chi connectivity index (χ4n) is 3.72. The molecule has 2 heterocycles. The topological polar surface area (TPSA) is 58.6 Å². The third kappa shape index (κ3) is 3.24. The molecule has 2 aromatic rings. The first-order valence-corrected chi connectivity index (χ1v) is 8.90. The monoisotopic (exact) mass is 338 g/mol. The summed E-state index contributed by atoms with van der Waals surface area (Å²) in [6.45, 7) is 1.75. The van der Waals surface area contributed by atoms with Crippen LogP contribution in [0.15, 0.2) is 42.5 Å². The highest BCUT2D eigenvalue weighted by molar-refractivity contribution is 6.06. The van der Waals surface area contributed by atoms with Gasteiger partial charge in [-0.2, -0.15) is 0 Å². The van der Waals surface area contributed by atoms with Gasteiger partial charge in [-0.15, -0.1) is 0 Å². The number of amides is 2. The summed E-state index contributed by atoms with van der Waals surface area (Å²) in [4.78, 5) is 26.7. The summed E-state index contributed by atoms with van der Waals surface area (Å²) in [5, 5.41) is 5.09. The minimum absolute atomic E-state index is 0.00798. The van der Waals surface area contributed by atoms with Crippen molar-refractivity contribution in [2.45, 2.75) is 25.4 Å². The molecule has 0 aromatic heterocycles. The van der Waals surface area contributed by atoms with Crippen molar-refractivity contribution in [3.63, 3.8) is 0 Å². The third-order valence-corrected chi connectivity index (χ3v) is 5.08. The van der Waals surface area contributed by atoms with Crippen molar-refractivity contribution in [3.05, 3.63) is 42.5 Å². The Morgan fingerprint density at radius 2 is 2.04 bits per heavy atom. The average Bonchev–Trinajstić information content (AvgIpc) is 3.29. The van der Waals surface area contributed by atoms with Crippen LogP contribution in [0, 0.1) is 5.92 Å². The Morgan fingerprint density at radius 3 is 2.88 bits per heavy atom. The smallest absolute Gasteiger partial charge is 0.227 e. The zero-order chi connectivity index (χ0) is 17.2. The minimum atomic E-state index is -0.298. The lowest BCUT2D eigenvalue weighted by atomic mass is 10.1. The van der Waals surface area contributed by atoms with E-state index in [0.717, 1.165) is 35.9 Å². The second-order valence-corrected chi connectivity index (χ2v) is 6.78. The van der Waals surface area contributed by atoms with E-state index in [-0.39, 0.29) is 30.3 Å². The van der Waals surface area contributed by atoms with Gasteiger partial charge in [0.05, 0.1) is 17.7 Å². The summed E-state index contributed by atoms with van der Waals surface area (Å²) in [6, 6.07) is 13.9. The molecule has 2 saturated heterocycles. The maximum Gasteiger partial charge on any atom is 0.227 e. The number of fused-ring (bicyclic) bond motifs is 1. The van der Waals surface area contributed by atoms with Crippen molar-refractivity contribution < 1.29 is 14.3 Å². The molecule has 5 nitrogen and oxygen atoms in total. The van der Waals surface area contributed by atoms with Gasteiger partial charge in [0.1, 0.15) is 0 Å². The summed E-state index contributed by atoms with van der Waals surface area (Å²) in [5.41, 5.74) is 0.887. The van der Waals surface area contributed by atoms with E-state index >= 15 is 0 Å². The van der Waals surface area contributed by atoms with Gasteiger partial charge in [-0.25, -0.2) is 0 Å². The van der Waals surface area contributed by atoms with Crippen molar-refractivity contribution in [2.75, 3.05) is 24.6 Å². The highest BCUT2D eigenvalue weighted by atomic mass is 16.5. The van der Waals surface area contributed by atoms with Crippen molar-refractivity contribution in [1.29, 1.82) is 0 Å². The highest BCUT2D eigenvalue weighted by Gasteiger charge is 2.35. The lowest BCUT2D eigenvalue weighted by Crippen LogP contribution is -2.37. The van der Waals surface area contributed by atoms with Crippen molar-refractivity contribution in [2.24, 2.45) is 5.92 Å². The van der Waals surface area contributed by atoms with Gasteiger partial charge in [-0.05, 0) is 24.3 Å². The molecule has 1 N–H and O–H groups in total. The van der Waals surface area contributed by atoms with Crippen molar-refractivity contribution >= 4 is 28.3 Å². The van der Waals surface area contributed by atoms with E-state index in [9.17, 15) is 9.59 Å². The summed E-state index contributed by atoms with van der Waals surface area (Å²) in [5.74, 6) is -0.340. The Hall–Kier alpha value is -2.40.